The largest absolute Gasteiger partial charge is 0.351 e. The van der Waals surface area contributed by atoms with Crippen LogP contribution in [0.2, 0.25) is 0 Å². The van der Waals surface area contributed by atoms with E-state index in [1.807, 2.05) is 29.0 Å². The fourth-order valence-electron chi connectivity index (χ4n) is 2.96. The highest BCUT2D eigenvalue weighted by atomic mass is 32.1. The summed E-state index contributed by atoms with van der Waals surface area (Å²) in [7, 11) is 0. The van der Waals surface area contributed by atoms with Gasteiger partial charge in [0.15, 0.2) is 0 Å². The summed E-state index contributed by atoms with van der Waals surface area (Å²) < 4.78 is 0. The SMILES string of the molecule is CCCc1ccc(C(NC(=O)CCNC(=O)c2cccs2)c2cccs2)cc1. The van der Waals surface area contributed by atoms with Crippen molar-refractivity contribution in [2.45, 2.75) is 32.2 Å². The van der Waals surface area contributed by atoms with Crippen LogP contribution in [0.5, 0.6) is 0 Å². The summed E-state index contributed by atoms with van der Waals surface area (Å²) in [6.45, 7) is 2.48. The van der Waals surface area contributed by atoms with Crippen molar-refractivity contribution in [2.75, 3.05) is 6.54 Å². The second-order valence-corrected chi connectivity index (χ2v) is 8.42. The second-order valence-electron chi connectivity index (χ2n) is 6.49. The summed E-state index contributed by atoms with van der Waals surface area (Å²) in [5.74, 6) is -0.216. The molecule has 2 aromatic heterocycles. The lowest BCUT2D eigenvalue weighted by atomic mass is 10.0. The molecule has 2 amide bonds. The first kappa shape index (κ1) is 20.3. The summed E-state index contributed by atoms with van der Waals surface area (Å²) in [4.78, 5) is 26.2. The van der Waals surface area contributed by atoms with Gasteiger partial charge in [-0.25, -0.2) is 0 Å². The van der Waals surface area contributed by atoms with Crippen molar-refractivity contribution < 1.29 is 9.59 Å². The Labute approximate surface area is 173 Å². The molecule has 1 aromatic carbocycles. The number of amides is 2. The maximum atomic E-state index is 12.5. The first-order valence-electron chi connectivity index (χ1n) is 9.40. The van der Waals surface area contributed by atoms with Crippen LogP contribution in [0.3, 0.4) is 0 Å². The highest BCUT2D eigenvalue weighted by Gasteiger charge is 2.18. The maximum Gasteiger partial charge on any atom is 0.261 e. The first-order chi connectivity index (χ1) is 13.7. The lowest BCUT2D eigenvalue weighted by Gasteiger charge is -2.19. The molecule has 28 heavy (non-hydrogen) atoms. The highest BCUT2D eigenvalue weighted by molar-refractivity contribution is 7.12. The van der Waals surface area contributed by atoms with Crippen molar-refractivity contribution in [3.05, 3.63) is 80.2 Å². The van der Waals surface area contributed by atoms with E-state index in [0.717, 1.165) is 23.3 Å². The lowest BCUT2D eigenvalue weighted by Crippen LogP contribution is -2.33. The molecule has 2 N–H and O–H groups in total. The Morgan fingerprint density at radius 3 is 2.39 bits per heavy atom. The van der Waals surface area contributed by atoms with Crippen LogP contribution in [0, 0.1) is 0 Å². The van der Waals surface area contributed by atoms with Gasteiger partial charge in [0.05, 0.1) is 10.9 Å². The van der Waals surface area contributed by atoms with Gasteiger partial charge in [-0.15, -0.1) is 22.7 Å². The van der Waals surface area contributed by atoms with Crippen LogP contribution < -0.4 is 10.6 Å². The summed E-state index contributed by atoms with van der Waals surface area (Å²) in [5, 5.41) is 9.79. The van der Waals surface area contributed by atoms with Gasteiger partial charge in [-0.3, -0.25) is 9.59 Å². The topological polar surface area (TPSA) is 58.2 Å². The van der Waals surface area contributed by atoms with Crippen molar-refractivity contribution in [1.82, 2.24) is 10.6 Å². The molecule has 0 aliphatic carbocycles. The van der Waals surface area contributed by atoms with Gasteiger partial charge < -0.3 is 10.6 Å². The van der Waals surface area contributed by atoms with Gasteiger partial charge in [0.2, 0.25) is 5.91 Å². The average molecular weight is 413 g/mol. The fraction of sp³-hybridized carbons (Fsp3) is 0.273. The Morgan fingerprint density at radius 2 is 1.75 bits per heavy atom. The molecule has 0 saturated heterocycles. The minimum atomic E-state index is -0.170. The van der Waals surface area contributed by atoms with Gasteiger partial charge in [-0.2, -0.15) is 0 Å². The minimum Gasteiger partial charge on any atom is -0.351 e. The predicted molar refractivity (Wildman–Crippen MR) is 116 cm³/mol. The highest BCUT2D eigenvalue weighted by Crippen LogP contribution is 2.26. The molecular weight excluding hydrogens is 388 g/mol. The molecule has 0 bridgehead atoms. The number of carbonyl (C=O) groups excluding carboxylic acids is 2. The number of hydrogen-bond acceptors (Lipinski definition) is 4. The van der Waals surface area contributed by atoms with Crippen LogP contribution in [0.25, 0.3) is 0 Å². The van der Waals surface area contributed by atoms with Crippen LogP contribution >= 0.6 is 22.7 Å². The molecule has 0 radical (unpaired) electrons. The molecule has 0 saturated carbocycles. The van der Waals surface area contributed by atoms with E-state index in [1.165, 1.54) is 16.9 Å². The number of thiophene rings is 2. The Hall–Kier alpha value is -2.44. The summed E-state index contributed by atoms with van der Waals surface area (Å²) in [5.41, 5.74) is 2.37. The zero-order chi connectivity index (χ0) is 19.8. The maximum absolute atomic E-state index is 12.5. The normalized spacial score (nSPS) is 11.8. The second kappa shape index (κ2) is 10.2. The third-order valence-electron chi connectivity index (χ3n) is 4.37. The van der Waals surface area contributed by atoms with Crippen molar-refractivity contribution in [2.24, 2.45) is 0 Å². The van der Waals surface area contributed by atoms with Crippen LogP contribution in [0.15, 0.2) is 59.3 Å². The van der Waals surface area contributed by atoms with Crippen LogP contribution in [0.1, 0.15) is 51.5 Å². The molecule has 146 valence electrons. The number of nitrogens with one attached hydrogen (secondary N) is 2. The van der Waals surface area contributed by atoms with E-state index in [2.05, 4.69) is 41.8 Å². The van der Waals surface area contributed by atoms with Gasteiger partial charge in [0, 0.05) is 17.8 Å². The van der Waals surface area contributed by atoms with E-state index in [0.29, 0.717) is 11.4 Å². The molecule has 0 aliphatic heterocycles. The van der Waals surface area contributed by atoms with E-state index < -0.39 is 0 Å². The summed E-state index contributed by atoms with van der Waals surface area (Å²) in [6, 6.07) is 15.9. The van der Waals surface area contributed by atoms with E-state index >= 15 is 0 Å². The Balaban J connectivity index is 1.60. The van der Waals surface area contributed by atoms with Gasteiger partial charge in [-0.05, 0) is 40.4 Å². The zero-order valence-electron chi connectivity index (χ0n) is 15.8. The molecular formula is C22H24N2O2S2. The van der Waals surface area contributed by atoms with Crippen molar-refractivity contribution in [1.29, 1.82) is 0 Å². The Kier molecular flexibility index (Phi) is 7.39. The molecule has 6 heteroatoms. The van der Waals surface area contributed by atoms with Gasteiger partial charge in [-0.1, -0.05) is 49.7 Å². The van der Waals surface area contributed by atoms with Crippen molar-refractivity contribution >= 4 is 34.5 Å². The quantitative estimate of drug-likeness (QED) is 0.531. The van der Waals surface area contributed by atoms with E-state index in [4.69, 9.17) is 0 Å². The zero-order valence-corrected chi connectivity index (χ0v) is 17.4. The Morgan fingerprint density at radius 1 is 1.00 bits per heavy atom. The van der Waals surface area contributed by atoms with Gasteiger partial charge >= 0.3 is 0 Å². The Bertz CT molecular complexity index is 872. The van der Waals surface area contributed by atoms with E-state index in [1.54, 1.807) is 17.4 Å². The number of aryl methyl sites for hydroxylation is 1. The monoisotopic (exact) mass is 412 g/mol. The van der Waals surface area contributed by atoms with Crippen molar-refractivity contribution in [3.8, 4) is 0 Å². The van der Waals surface area contributed by atoms with Crippen LogP contribution in [-0.2, 0) is 11.2 Å². The molecule has 0 spiro atoms. The molecule has 1 atom stereocenters. The number of carbonyl (C=O) groups is 2. The average Bonchev–Trinajstić information content (AvgIpc) is 3.41. The van der Waals surface area contributed by atoms with Gasteiger partial charge in [0.25, 0.3) is 5.91 Å². The van der Waals surface area contributed by atoms with Crippen LogP contribution in [0.4, 0.5) is 0 Å². The smallest absolute Gasteiger partial charge is 0.261 e. The predicted octanol–water partition coefficient (Wildman–Crippen LogP) is 4.79. The van der Waals surface area contributed by atoms with Crippen molar-refractivity contribution in [3.63, 3.8) is 0 Å². The standard InChI is InChI=1S/C22H24N2O2S2/c1-2-5-16-8-10-17(11-9-16)21(18-6-3-14-27-18)24-20(25)12-13-23-22(26)19-7-4-15-28-19/h3-4,6-11,14-15,21H,2,5,12-13H2,1H3,(H,23,26)(H,24,25). The fourth-order valence-corrected chi connectivity index (χ4v) is 4.40. The van der Waals surface area contributed by atoms with Crippen LogP contribution in [-0.4, -0.2) is 18.4 Å². The number of benzene rings is 1. The molecule has 3 rings (SSSR count). The number of rotatable bonds is 9. The first-order valence-corrected chi connectivity index (χ1v) is 11.2. The molecule has 1 unspecified atom stereocenters. The number of hydrogen-bond donors (Lipinski definition) is 2. The third-order valence-corrected chi connectivity index (χ3v) is 6.17. The molecule has 0 aliphatic rings. The minimum absolute atomic E-state index is 0.0810. The summed E-state index contributed by atoms with van der Waals surface area (Å²) >= 11 is 3.02. The third kappa shape index (κ3) is 5.53. The molecule has 4 nitrogen and oxygen atoms in total. The molecule has 3 aromatic rings. The van der Waals surface area contributed by atoms with Gasteiger partial charge in [0.1, 0.15) is 0 Å². The van der Waals surface area contributed by atoms with E-state index in [-0.39, 0.29) is 24.3 Å². The molecule has 2 heterocycles. The molecule has 0 fully saturated rings. The summed E-state index contributed by atoms with van der Waals surface area (Å²) in [6.07, 6.45) is 2.41. The van der Waals surface area contributed by atoms with E-state index in [9.17, 15) is 9.59 Å². The lowest BCUT2D eigenvalue weighted by molar-refractivity contribution is -0.121.